The maximum absolute atomic E-state index is 6.47. The molecule has 0 radical (unpaired) electrons. The van der Waals surface area contributed by atoms with Crippen molar-refractivity contribution in [2.24, 2.45) is 0 Å². The SMILES string of the molecule is Clc1c(Br)cccc1-c1nnc(C(Cl)c2ccccc2)s1. The van der Waals surface area contributed by atoms with Crippen LogP contribution in [0.2, 0.25) is 5.02 Å². The van der Waals surface area contributed by atoms with Gasteiger partial charge in [-0.05, 0) is 27.6 Å². The highest BCUT2D eigenvalue weighted by Gasteiger charge is 2.18. The van der Waals surface area contributed by atoms with E-state index >= 15 is 0 Å². The number of halogens is 3. The van der Waals surface area contributed by atoms with Crippen LogP contribution in [0.4, 0.5) is 0 Å². The zero-order valence-electron chi connectivity index (χ0n) is 10.6. The average Bonchev–Trinajstić information content (AvgIpc) is 3.00. The van der Waals surface area contributed by atoms with Gasteiger partial charge in [0.2, 0.25) is 0 Å². The highest BCUT2D eigenvalue weighted by Crippen LogP contribution is 2.38. The van der Waals surface area contributed by atoms with Crippen molar-refractivity contribution < 1.29 is 0 Å². The number of alkyl halides is 1. The molecule has 0 aliphatic rings. The molecule has 1 heterocycles. The summed E-state index contributed by atoms with van der Waals surface area (Å²) in [7, 11) is 0. The first-order valence-electron chi connectivity index (χ1n) is 6.13. The van der Waals surface area contributed by atoms with Crippen LogP contribution in [0.5, 0.6) is 0 Å². The summed E-state index contributed by atoms with van der Waals surface area (Å²) in [5.41, 5.74) is 1.86. The van der Waals surface area contributed by atoms with Gasteiger partial charge in [0.25, 0.3) is 0 Å². The van der Waals surface area contributed by atoms with Crippen molar-refractivity contribution in [3.8, 4) is 10.6 Å². The molecule has 0 fully saturated rings. The van der Waals surface area contributed by atoms with Crippen molar-refractivity contribution in [3.63, 3.8) is 0 Å². The lowest BCUT2D eigenvalue weighted by Crippen LogP contribution is -1.91. The van der Waals surface area contributed by atoms with Gasteiger partial charge >= 0.3 is 0 Å². The third-order valence-electron chi connectivity index (χ3n) is 2.93. The third-order valence-corrected chi connectivity index (χ3v) is 5.84. The van der Waals surface area contributed by atoms with E-state index in [9.17, 15) is 0 Å². The quantitative estimate of drug-likeness (QED) is 0.508. The topological polar surface area (TPSA) is 25.8 Å². The van der Waals surface area contributed by atoms with E-state index < -0.39 is 0 Å². The molecule has 0 saturated carbocycles. The van der Waals surface area contributed by atoms with E-state index in [1.54, 1.807) is 0 Å². The van der Waals surface area contributed by atoms with Gasteiger partial charge in [-0.15, -0.1) is 21.8 Å². The van der Waals surface area contributed by atoms with Gasteiger partial charge in [-0.1, -0.05) is 65.4 Å². The molecule has 21 heavy (non-hydrogen) atoms. The van der Waals surface area contributed by atoms with Crippen molar-refractivity contribution in [2.75, 3.05) is 0 Å². The fourth-order valence-electron chi connectivity index (χ4n) is 1.88. The summed E-state index contributed by atoms with van der Waals surface area (Å²) in [5.74, 6) is 0. The molecule has 3 aromatic rings. The maximum Gasteiger partial charge on any atom is 0.149 e. The summed E-state index contributed by atoms with van der Waals surface area (Å²) >= 11 is 17.6. The first kappa shape index (κ1) is 15.0. The fraction of sp³-hybridized carbons (Fsp3) is 0.0667. The molecule has 2 nitrogen and oxygen atoms in total. The van der Waals surface area contributed by atoms with Gasteiger partial charge in [-0.2, -0.15) is 0 Å². The number of aromatic nitrogens is 2. The minimum atomic E-state index is -0.302. The number of hydrogen-bond donors (Lipinski definition) is 0. The molecule has 0 aliphatic heterocycles. The summed E-state index contributed by atoms with van der Waals surface area (Å²) in [6.45, 7) is 0. The van der Waals surface area contributed by atoms with Crippen molar-refractivity contribution in [1.29, 1.82) is 0 Å². The minimum absolute atomic E-state index is 0.302. The number of benzene rings is 2. The van der Waals surface area contributed by atoms with E-state index in [2.05, 4.69) is 26.1 Å². The van der Waals surface area contributed by atoms with E-state index in [-0.39, 0.29) is 5.38 Å². The molecular formula is C15H9BrCl2N2S. The van der Waals surface area contributed by atoms with E-state index in [1.165, 1.54) is 11.3 Å². The first-order valence-corrected chi connectivity index (χ1v) is 8.56. The second-order valence-corrected chi connectivity index (χ2v) is 7.00. The van der Waals surface area contributed by atoms with E-state index in [1.807, 2.05) is 48.5 Å². The Balaban J connectivity index is 1.95. The van der Waals surface area contributed by atoms with Gasteiger partial charge in [0.15, 0.2) is 0 Å². The molecule has 106 valence electrons. The Labute approximate surface area is 144 Å². The van der Waals surface area contributed by atoms with Crippen molar-refractivity contribution >= 4 is 50.5 Å². The second-order valence-electron chi connectivity index (χ2n) is 4.32. The van der Waals surface area contributed by atoms with Gasteiger partial charge in [-0.3, -0.25) is 0 Å². The summed E-state index contributed by atoms with van der Waals surface area (Å²) < 4.78 is 0.837. The molecule has 1 unspecified atom stereocenters. The molecule has 0 bridgehead atoms. The van der Waals surface area contributed by atoms with Crippen molar-refractivity contribution in [3.05, 3.63) is 68.6 Å². The molecule has 1 aromatic heterocycles. The van der Waals surface area contributed by atoms with Crippen LogP contribution in [0.25, 0.3) is 10.6 Å². The summed E-state index contributed by atoms with van der Waals surface area (Å²) in [6, 6.07) is 15.6. The summed E-state index contributed by atoms with van der Waals surface area (Å²) in [5, 5.41) is 10.3. The predicted octanol–water partition coefficient (Wildman–Crippen LogP) is 5.95. The largest absolute Gasteiger partial charge is 0.149 e. The minimum Gasteiger partial charge on any atom is -0.141 e. The van der Waals surface area contributed by atoms with Gasteiger partial charge in [0, 0.05) is 10.0 Å². The van der Waals surface area contributed by atoms with E-state index in [0.717, 1.165) is 25.6 Å². The van der Waals surface area contributed by atoms with Crippen LogP contribution < -0.4 is 0 Å². The molecule has 2 aromatic carbocycles. The second kappa shape index (κ2) is 6.44. The lowest BCUT2D eigenvalue weighted by atomic mass is 10.1. The van der Waals surface area contributed by atoms with Crippen LogP contribution >= 0.6 is 50.5 Å². The Hall–Kier alpha value is -0.940. The first-order chi connectivity index (χ1) is 10.2. The Bertz CT molecular complexity index is 761. The fourth-order valence-corrected chi connectivity index (χ4v) is 3.72. The van der Waals surface area contributed by atoms with Crippen LogP contribution in [0.15, 0.2) is 53.0 Å². The normalized spacial score (nSPS) is 12.3. The van der Waals surface area contributed by atoms with Gasteiger partial charge in [0.05, 0.1) is 5.02 Å². The van der Waals surface area contributed by atoms with Crippen LogP contribution in [0.1, 0.15) is 15.9 Å². The van der Waals surface area contributed by atoms with Gasteiger partial charge < -0.3 is 0 Å². The highest BCUT2D eigenvalue weighted by atomic mass is 79.9. The summed E-state index contributed by atoms with van der Waals surface area (Å²) in [4.78, 5) is 0. The monoisotopic (exact) mass is 398 g/mol. The Morgan fingerprint density at radius 1 is 1.00 bits per heavy atom. The van der Waals surface area contributed by atoms with Crippen LogP contribution in [-0.2, 0) is 0 Å². The van der Waals surface area contributed by atoms with Crippen molar-refractivity contribution in [2.45, 2.75) is 5.38 Å². The molecular weight excluding hydrogens is 391 g/mol. The third kappa shape index (κ3) is 3.14. The van der Waals surface area contributed by atoms with Gasteiger partial charge in [0.1, 0.15) is 15.4 Å². The lowest BCUT2D eigenvalue weighted by molar-refractivity contribution is 0.988. The number of nitrogens with zero attached hydrogens (tertiary/aromatic N) is 2. The summed E-state index contributed by atoms with van der Waals surface area (Å²) in [6.07, 6.45) is 0. The average molecular weight is 400 g/mol. The number of rotatable bonds is 3. The Morgan fingerprint density at radius 3 is 2.52 bits per heavy atom. The molecule has 0 N–H and O–H groups in total. The Morgan fingerprint density at radius 2 is 1.76 bits per heavy atom. The maximum atomic E-state index is 6.47. The van der Waals surface area contributed by atoms with Gasteiger partial charge in [-0.25, -0.2) is 0 Å². The standard InChI is InChI=1S/C15H9BrCl2N2S/c16-11-8-4-7-10(13(11)18)14-19-20-15(21-14)12(17)9-5-2-1-3-6-9/h1-8,12H. The van der Waals surface area contributed by atoms with Crippen molar-refractivity contribution in [1.82, 2.24) is 10.2 Å². The molecule has 0 aliphatic carbocycles. The van der Waals surface area contributed by atoms with Crippen LogP contribution in [0, 0.1) is 0 Å². The van der Waals surface area contributed by atoms with E-state index in [4.69, 9.17) is 23.2 Å². The molecule has 6 heteroatoms. The molecule has 3 rings (SSSR count). The predicted molar refractivity (Wildman–Crippen MR) is 92.2 cm³/mol. The van der Waals surface area contributed by atoms with Crippen LogP contribution in [-0.4, -0.2) is 10.2 Å². The zero-order chi connectivity index (χ0) is 14.8. The van der Waals surface area contributed by atoms with Crippen LogP contribution in [0.3, 0.4) is 0 Å². The molecule has 1 atom stereocenters. The molecule has 0 saturated heterocycles. The molecule has 0 spiro atoms. The lowest BCUT2D eigenvalue weighted by Gasteiger charge is -2.04. The Kier molecular flexibility index (Phi) is 4.60. The molecule has 0 amide bonds. The highest BCUT2D eigenvalue weighted by molar-refractivity contribution is 9.10. The number of hydrogen-bond acceptors (Lipinski definition) is 3. The smallest absolute Gasteiger partial charge is 0.141 e. The zero-order valence-corrected chi connectivity index (χ0v) is 14.5. The van der Waals surface area contributed by atoms with E-state index in [0.29, 0.717) is 5.02 Å².